The molecule has 1 amide bonds. The first-order chi connectivity index (χ1) is 6.79. The number of amides is 1. The number of hydrogen-bond acceptors (Lipinski definition) is 2. The van der Waals surface area contributed by atoms with Gasteiger partial charge in [0.15, 0.2) is 0 Å². The molecule has 0 saturated carbocycles. The molecule has 0 saturated heterocycles. The van der Waals surface area contributed by atoms with E-state index in [1.165, 1.54) is 6.20 Å². The number of rotatable bonds is 5. The van der Waals surface area contributed by atoms with E-state index in [0.717, 1.165) is 13.0 Å². The van der Waals surface area contributed by atoms with Crippen molar-refractivity contribution in [1.29, 1.82) is 0 Å². The summed E-state index contributed by atoms with van der Waals surface area (Å²) in [6, 6.07) is 0. The van der Waals surface area contributed by atoms with Crippen LogP contribution in [0.1, 0.15) is 23.7 Å². The van der Waals surface area contributed by atoms with Crippen molar-refractivity contribution in [2.45, 2.75) is 13.3 Å². The van der Waals surface area contributed by atoms with Crippen LogP contribution in [0, 0.1) is 0 Å². The summed E-state index contributed by atoms with van der Waals surface area (Å²) >= 11 is 0. The summed E-state index contributed by atoms with van der Waals surface area (Å²) in [5.41, 5.74) is 0.598. The van der Waals surface area contributed by atoms with Crippen LogP contribution in [0.15, 0.2) is 25.0 Å². The van der Waals surface area contributed by atoms with Gasteiger partial charge in [0, 0.05) is 19.3 Å². The van der Waals surface area contributed by atoms with Crippen molar-refractivity contribution in [1.82, 2.24) is 15.1 Å². The highest BCUT2D eigenvalue weighted by atomic mass is 16.2. The normalized spacial score (nSPS) is 9.79. The fourth-order valence-corrected chi connectivity index (χ4v) is 1.25. The van der Waals surface area contributed by atoms with Crippen molar-refractivity contribution in [2.24, 2.45) is 0 Å². The summed E-state index contributed by atoms with van der Waals surface area (Å²) in [6.07, 6.45) is 5.81. The Hall–Kier alpha value is -1.58. The van der Waals surface area contributed by atoms with Crippen molar-refractivity contribution in [3.63, 3.8) is 0 Å². The summed E-state index contributed by atoms with van der Waals surface area (Å²) in [5, 5.41) is 6.37. The minimum Gasteiger partial charge on any atom is -0.335 e. The number of H-pyrrole nitrogens is 1. The van der Waals surface area contributed by atoms with E-state index in [9.17, 15) is 4.79 Å². The molecule has 1 heterocycles. The molecule has 4 heteroatoms. The highest BCUT2D eigenvalue weighted by molar-refractivity contribution is 5.93. The fourth-order valence-electron chi connectivity index (χ4n) is 1.25. The van der Waals surface area contributed by atoms with Gasteiger partial charge in [0.25, 0.3) is 5.91 Å². The SMILES string of the molecule is C=CCN(CCC)C(=O)c1cn[nH]c1. The number of aromatic amines is 1. The lowest BCUT2D eigenvalue weighted by Crippen LogP contribution is -2.31. The second-order valence-corrected chi connectivity index (χ2v) is 3.03. The van der Waals surface area contributed by atoms with E-state index in [1.54, 1.807) is 17.2 Å². The summed E-state index contributed by atoms with van der Waals surface area (Å²) in [6.45, 7) is 7.00. The first-order valence-electron chi connectivity index (χ1n) is 4.68. The molecular weight excluding hydrogens is 178 g/mol. The maximum atomic E-state index is 11.8. The predicted octanol–water partition coefficient (Wildman–Crippen LogP) is 1.45. The van der Waals surface area contributed by atoms with Gasteiger partial charge in [-0.1, -0.05) is 13.0 Å². The minimum atomic E-state index is 0.000463. The number of hydrogen-bond donors (Lipinski definition) is 1. The zero-order valence-corrected chi connectivity index (χ0v) is 8.36. The molecule has 4 nitrogen and oxygen atoms in total. The number of carbonyl (C=O) groups is 1. The Bertz CT molecular complexity index is 292. The zero-order chi connectivity index (χ0) is 10.4. The molecule has 14 heavy (non-hydrogen) atoms. The monoisotopic (exact) mass is 193 g/mol. The van der Waals surface area contributed by atoms with Gasteiger partial charge in [0.1, 0.15) is 0 Å². The molecule has 0 aromatic carbocycles. The Balaban J connectivity index is 2.68. The van der Waals surface area contributed by atoms with Crippen molar-refractivity contribution in [2.75, 3.05) is 13.1 Å². The van der Waals surface area contributed by atoms with Crippen molar-refractivity contribution in [3.8, 4) is 0 Å². The van der Waals surface area contributed by atoms with Crippen LogP contribution in [0.3, 0.4) is 0 Å². The molecule has 0 radical (unpaired) electrons. The molecular formula is C10H15N3O. The third-order valence-electron chi connectivity index (χ3n) is 1.88. The van der Waals surface area contributed by atoms with Crippen LogP contribution in [0.4, 0.5) is 0 Å². The molecule has 0 aliphatic rings. The molecule has 1 aromatic rings. The van der Waals surface area contributed by atoms with E-state index in [2.05, 4.69) is 16.8 Å². The summed E-state index contributed by atoms with van der Waals surface area (Å²) in [5.74, 6) is 0.000463. The summed E-state index contributed by atoms with van der Waals surface area (Å²) in [7, 11) is 0. The summed E-state index contributed by atoms with van der Waals surface area (Å²) in [4.78, 5) is 13.6. The third-order valence-corrected chi connectivity index (χ3v) is 1.88. The summed E-state index contributed by atoms with van der Waals surface area (Å²) < 4.78 is 0. The van der Waals surface area contributed by atoms with Crippen LogP contribution >= 0.6 is 0 Å². The van der Waals surface area contributed by atoms with Gasteiger partial charge in [-0.05, 0) is 6.42 Å². The molecule has 0 spiro atoms. The van der Waals surface area contributed by atoms with Gasteiger partial charge in [-0.15, -0.1) is 6.58 Å². The topological polar surface area (TPSA) is 49.0 Å². The number of nitrogens with one attached hydrogen (secondary N) is 1. The van der Waals surface area contributed by atoms with Gasteiger partial charge in [0.2, 0.25) is 0 Å². The molecule has 0 fully saturated rings. The minimum absolute atomic E-state index is 0.000463. The largest absolute Gasteiger partial charge is 0.335 e. The van der Waals surface area contributed by atoms with Crippen molar-refractivity contribution >= 4 is 5.91 Å². The van der Waals surface area contributed by atoms with E-state index in [4.69, 9.17) is 0 Å². The first-order valence-corrected chi connectivity index (χ1v) is 4.68. The zero-order valence-electron chi connectivity index (χ0n) is 8.36. The lowest BCUT2D eigenvalue weighted by Gasteiger charge is -2.19. The number of carbonyl (C=O) groups excluding carboxylic acids is 1. The van der Waals surface area contributed by atoms with Crippen LogP contribution in [-0.2, 0) is 0 Å². The van der Waals surface area contributed by atoms with Crippen LogP contribution in [-0.4, -0.2) is 34.1 Å². The average Bonchev–Trinajstić information content (AvgIpc) is 2.69. The van der Waals surface area contributed by atoms with Gasteiger partial charge in [-0.25, -0.2) is 0 Å². The Morgan fingerprint density at radius 2 is 2.57 bits per heavy atom. The lowest BCUT2D eigenvalue weighted by atomic mass is 10.3. The maximum absolute atomic E-state index is 11.8. The van der Waals surface area contributed by atoms with E-state index in [0.29, 0.717) is 12.1 Å². The third kappa shape index (κ3) is 2.45. The quantitative estimate of drug-likeness (QED) is 0.719. The Kier molecular flexibility index (Phi) is 3.91. The number of nitrogens with zero attached hydrogens (tertiary/aromatic N) is 2. The van der Waals surface area contributed by atoms with E-state index < -0.39 is 0 Å². The van der Waals surface area contributed by atoms with Crippen LogP contribution in [0.5, 0.6) is 0 Å². The Labute approximate surface area is 83.6 Å². The van der Waals surface area contributed by atoms with Crippen LogP contribution in [0.2, 0.25) is 0 Å². The molecule has 0 unspecified atom stereocenters. The maximum Gasteiger partial charge on any atom is 0.257 e. The molecule has 0 atom stereocenters. The van der Waals surface area contributed by atoms with E-state index in [1.807, 2.05) is 6.92 Å². The average molecular weight is 193 g/mol. The van der Waals surface area contributed by atoms with Crippen molar-refractivity contribution in [3.05, 3.63) is 30.6 Å². The first kappa shape index (κ1) is 10.5. The molecule has 0 bridgehead atoms. The molecule has 0 aliphatic carbocycles. The molecule has 0 aliphatic heterocycles. The molecule has 1 rings (SSSR count). The predicted molar refractivity (Wildman–Crippen MR) is 55.0 cm³/mol. The van der Waals surface area contributed by atoms with Gasteiger partial charge < -0.3 is 4.90 Å². The Morgan fingerprint density at radius 3 is 3.07 bits per heavy atom. The fraction of sp³-hybridized carbons (Fsp3) is 0.400. The van der Waals surface area contributed by atoms with Gasteiger partial charge in [-0.2, -0.15) is 5.10 Å². The highest BCUT2D eigenvalue weighted by Crippen LogP contribution is 2.02. The molecule has 76 valence electrons. The lowest BCUT2D eigenvalue weighted by molar-refractivity contribution is 0.0774. The Morgan fingerprint density at radius 1 is 1.79 bits per heavy atom. The smallest absolute Gasteiger partial charge is 0.257 e. The second-order valence-electron chi connectivity index (χ2n) is 3.03. The standard InChI is InChI=1S/C10H15N3O/c1-3-5-13(6-4-2)10(14)9-7-11-12-8-9/h3,7-8H,1,4-6H2,2H3,(H,11,12). The van der Waals surface area contributed by atoms with E-state index >= 15 is 0 Å². The highest BCUT2D eigenvalue weighted by Gasteiger charge is 2.13. The molecule has 1 aromatic heterocycles. The van der Waals surface area contributed by atoms with Crippen molar-refractivity contribution < 1.29 is 4.79 Å². The van der Waals surface area contributed by atoms with Gasteiger partial charge >= 0.3 is 0 Å². The van der Waals surface area contributed by atoms with Crippen LogP contribution < -0.4 is 0 Å². The second kappa shape index (κ2) is 5.21. The van der Waals surface area contributed by atoms with E-state index in [-0.39, 0.29) is 5.91 Å². The number of aromatic nitrogens is 2. The van der Waals surface area contributed by atoms with Gasteiger partial charge in [0.05, 0.1) is 11.8 Å². The van der Waals surface area contributed by atoms with Gasteiger partial charge in [-0.3, -0.25) is 9.89 Å². The molecule has 1 N–H and O–H groups in total. The van der Waals surface area contributed by atoms with Crippen LogP contribution in [0.25, 0.3) is 0 Å².